The fourth-order valence-electron chi connectivity index (χ4n) is 4.05. The van der Waals surface area contributed by atoms with Gasteiger partial charge in [0, 0.05) is 49.8 Å². The lowest BCUT2D eigenvalue weighted by Crippen LogP contribution is -2.42. The van der Waals surface area contributed by atoms with Gasteiger partial charge in [0.15, 0.2) is 11.9 Å². The molecule has 232 valence electrons. The van der Waals surface area contributed by atoms with Gasteiger partial charge < -0.3 is 29.2 Å². The predicted molar refractivity (Wildman–Crippen MR) is 161 cm³/mol. The molecule has 1 atom stereocenters. The fourth-order valence-corrected chi connectivity index (χ4v) is 4.05. The molecular formula is C31H41N5O7. The third kappa shape index (κ3) is 10.3. The number of carbonyl (C=O) groups is 3. The summed E-state index contributed by atoms with van der Waals surface area (Å²) in [7, 11) is 4.59. The second kappa shape index (κ2) is 16.7. The molecule has 0 bridgehead atoms. The molecule has 1 aromatic carbocycles. The third-order valence-corrected chi connectivity index (χ3v) is 6.58. The van der Waals surface area contributed by atoms with Gasteiger partial charge in [-0.3, -0.25) is 9.59 Å². The molecule has 1 saturated carbocycles. The van der Waals surface area contributed by atoms with Gasteiger partial charge in [0.1, 0.15) is 11.5 Å². The van der Waals surface area contributed by atoms with E-state index in [0.29, 0.717) is 35.9 Å². The van der Waals surface area contributed by atoms with Gasteiger partial charge in [-0.05, 0) is 57.2 Å². The van der Waals surface area contributed by atoms with Crippen LogP contribution in [-0.4, -0.2) is 84.7 Å². The minimum Gasteiger partial charge on any atom is -0.497 e. The van der Waals surface area contributed by atoms with Crippen molar-refractivity contribution in [2.75, 3.05) is 34.4 Å². The Labute approximate surface area is 251 Å². The number of allylic oxidation sites excluding steroid dienone is 1. The van der Waals surface area contributed by atoms with Crippen molar-refractivity contribution in [3.05, 3.63) is 54.9 Å². The van der Waals surface area contributed by atoms with Crippen LogP contribution in [0.3, 0.4) is 0 Å². The van der Waals surface area contributed by atoms with Crippen molar-refractivity contribution in [1.29, 1.82) is 0 Å². The normalized spacial score (nSPS) is 12.7. The number of hydrogen-bond acceptors (Lipinski definition) is 9. The van der Waals surface area contributed by atoms with Crippen molar-refractivity contribution in [3.63, 3.8) is 0 Å². The van der Waals surface area contributed by atoms with Gasteiger partial charge in [0.05, 0.1) is 32.0 Å². The van der Waals surface area contributed by atoms with Gasteiger partial charge in [0.2, 0.25) is 0 Å². The molecule has 4 rings (SSSR count). The molecule has 12 heteroatoms. The van der Waals surface area contributed by atoms with Crippen LogP contribution < -0.4 is 14.8 Å². The Bertz CT molecular complexity index is 1370. The van der Waals surface area contributed by atoms with Crippen molar-refractivity contribution >= 4 is 29.4 Å². The fraction of sp³-hybridized carbons (Fsp3) is 0.452. The highest BCUT2D eigenvalue weighted by atomic mass is 16.6. The maximum atomic E-state index is 12.9. The predicted octanol–water partition coefficient (Wildman–Crippen LogP) is 4.37. The van der Waals surface area contributed by atoms with Crippen LogP contribution in [0.4, 0.5) is 4.79 Å². The summed E-state index contributed by atoms with van der Waals surface area (Å²) in [4.78, 5) is 40.8. The largest absolute Gasteiger partial charge is 0.497 e. The highest BCUT2D eigenvalue weighted by molar-refractivity contribution is 5.87. The summed E-state index contributed by atoms with van der Waals surface area (Å²) in [5, 5.41) is 8.20. The number of fused-ring (bicyclic) bond motifs is 1. The van der Waals surface area contributed by atoms with Crippen LogP contribution in [0.5, 0.6) is 11.5 Å². The van der Waals surface area contributed by atoms with Crippen molar-refractivity contribution in [1.82, 2.24) is 25.0 Å². The number of carbonyl (C=O) groups excluding carboxylic acids is 3. The Kier molecular flexibility index (Phi) is 12.8. The molecule has 43 heavy (non-hydrogen) atoms. The Morgan fingerprint density at radius 3 is 2.60 bits per heavy atom. The first-order valence-electron chi connectivity index (χ1n) is 14.2. The van der Waals surface area contributed by atoms with Gasteiger partial charge in [-0.25, -0.2) is 14.5 Å². The van der Waals surface area contributed by atoms with Crippen LogP contribution in [-0.2, 0) is 19.1 Å². The first kappa shape index (κ1) is 32.9. The van der Waals surface area contributed by atoms with E-state index in [1.807, 2.05) is 49.5 Å². The SMILES string of the molecule is C=CCCCCN(C)C(=O)OC(CCOc1cc(-n2ccc(C)n2)nc2cc(OC)ccc12)C(=O)NC1CC1.COC=O. The molecule has 2 aromatic heterocycles. The quantitative estimate of drug-likeness (QED) is 0.154. The summed E-state index contributed by atoms with van der Waals surface area (Å²) in [6.07, 6.45) is 6.94. The summed E-state index contributed by atoms with van der Waals surface area (Å²) >= 11 is 0. The van der Waals surface area contributed by atoms with Crippen molar-refractivity contribution in [2.45, 2.75) is 57.6 Å². The summed E-state index contributed by atoms with van der Waals surface area (Å²) < 4.78 is 22.7. The van der Waals surface area contributed by atoms with Gasteiger partial charge in [-0.15, -0.1) is 6.58 Å². The Morgan fingerprint density at radius 1 is 1.21 bits per heavy atom. The van der Waals surface area contributed by atoms with E-state index < -0.39 is 12.2 Å². The van der Waals surface area contributed by atoms with E-state index in [4.69, 9.17) is 24.0 Å². The summed E-state index contributed by atoms with van der Waals surface area (Å²) in [5.74, 6) is 1.54. The van der Waals surface area contributed by atoms with Crippen LogP contribution in [0.2, 0.25) is 0 Å². The minimum atomic E-state index is -0.963. The smallest absolute Gasteiger partial charge is 0.410 e. The number of benzene rings is 1. The number of hydrogen-bond donors (Lipinski definition) is 1. The topological polar surface area (TPSA) is 134 Å². The van der Waals surface area contributed by atoms with Crippen LogP contribution >= 0.6 is 0 Å². The summed E-state index contributed by atoms with van der Waals surface area (Å²) in [5.41, 5.74) is 1.55. The molecule has 0 aliphatic heterocycles. The number of nitrogens with zero attached hydrogens (tertiary/aromatic N) is 4. The molecular weight excluding hydrogens is 554 g/mol. The average Bonchev–Trinajstić information content (AvgIpc) is 3.73. The van der Waals surface area contributed by atoms with E-state index in [9.17, 15) is 9.59 Å². The lowest BCUT2D eigenvalue weighted by Gasteiger charge is -2.22. The van der Waals surface area contributed by atoms with Gasteiger partial charge in [-0.2, -0.15) is 5.10 Å². The molecule has 1 aliphatic carbocycles. The Morgan fingerprint density at radius 2 is 1.98 bits per heavy atom. The standard InChI is InChI=1S/C29H37N5O5.C2H4O2/c1-5-6-7-8-15-33(3)29(36)39-25(28(35)30-21-9-10-21)14-17-38-26-19-27(34-16-13-20(2)32-34)31-24-18-22(37-4)11-12-23(24)26;1-4-2-3/h5,11-13,16,18-19,21,25H,1,6-10,14-15,17H2,2-4H3,(H,30,35);2H,1H3. The molecule has 0 radical (unpaired) electrons. The van der Waals surface area contributed by atoms with E-state index in [2.05, 4.69) is 21.7 Å². The highest BCUT2D eigenvalue weighted by Gasteiger charge is 2.30. The monoisotopic (exact) mass is 595 g/mol. The maximum absolute atomic E-state index is 12.9. The van der Waals surface area contributed by atoms with Crippen molar-refractivity contribution in [3.8, 4) is 17.3 Å². The first-order valence-corrected chi connectivity index (χ1v) is 14.2. The number of aryl methyl sites for hydroxylation is 1. The molecule has 1 aliphatic rings. The lowest BCUT2D eigenvalue weighted by molar-refractivity contribution is -0.130. The third-order valence-electron chi connectivity index (χ3n) is 6.58. The molecule has 0 spiro atoms. The Balaban J connectivity index is 0.00000119. The molecule has 1 unspecified atom stereocenters. The number of pyridine rings is 1. The second-order valence-corrected chi connectivity index (χ2v) is 10.1. The van der Waals surface area contributed by atoms with Crippen molar-refractivity contribution < 1.29 is 33.3 Å². The minimum absolute atomic E-state index is 0.149. The summed E-state index contributed by atoms with van der Waals surface area (Å²) in [6.45, 7) is 6.70. The van der Waals surface area contributed by atoms with Crippen LogP contribution in [0.1, 0.15) is 44.2 Å². The zero-order valence-electron chi connectivity index (χ0n) is 25.3. The second-order valence-electron chi connectivity index (χ2n) is 10.1. The number of rotatable bonds is 15. The van der Waals surface area contributed by atoms with Crippen molar-refractivity contribution in [2.24, 2.45) is 0 Å². The molecule has 12 nitrogen and oxygen atoms in total. The van der Waals surface area contributed by atoms with Gasteiger partial charge in [0.25, 0.3) is 12.4 Å². The number of nitrogens with one attached hydrogen (secondary N) is 1. The lowest BCUT2D eigenvalue weighted by atomic mass is 10.2. The van der Waals surface area contributed by atoms with Crippen LogP contribution in [0, 0.1) is 6.92 Å². The zero-order chi connectivity index (χ0) is 31.2. The highest BCUT2D eigenvalue weighted by Crippen LogP contribution is 2.30. The average molecular weight is 596 g/mol. The molecule has 2 amide bonds. The number of aromatic nitrogens is 3. The molecule has 1 N–H and O–H groups in total. The molecule has 1 fully saturated rings. The van der Waals surface area contributed by atoms with E-state index in [1.54, 1.807) is 18.8 Å². The van der Waals surface area contributed by atoms with Gasteiger partial charge >= 0.3 is 6.09 Å². The maximum Gasteiger partial charge on any atom is 0.410 e. The zero-order valence-corrected chi connectivity index (χ0v) is 25.3. The number of unbranched alkanes of at least 4 members (excludes halogenated alkanes) is 2. The first-order chi connectivity index (χ1) is 20.8. The van der Waals surface area contributed by atoms with E-state index in [-0.39, 0.29) is 25.0 Å². The Hall–Kier alpha value is -4.61. The summed E-state index contributed by atoms with van der Waals surface area (Å²) in [6, 6.07) is 9.41. The number of methoxy groups -OCH3 is 2. The van der Waals surface area contributed by atoms with Crippen LogP contribution in [0.25, 0.3) is 16.7 Å². The number of amides is 2. The molecule has 0 saturated heterocycles. The number of ether oxygens (including phenoxy) is 4. The molecule has 2 heterocycles. The van der Waals surface area contributed by atoms with E-state index >= 15 is 0 Å². The van der Waals surface area contributed by atoms with Crippen LogP contribution in [0.15, 0.2) is 49.2 Å². The van der Waals surface area contributed by atoms with Gasteiger partial charge in [-0.1, -0.05) is 6.08 Å². The molecule has 3 aromatic rings. The van der Waals surface area contributed by atoms with E-state index in [1.165, 1.54) is 12.0 Å². The van der Waals surface area contributed by atoms with E-state index in [0.717, 1.165) is 43.2 Å².